The number of benzene rings is 1. The summed E-state index contributed by atoms with van der Waals surface area (Å²) in [5.41, 5.74) is 6.89. The van der Waals surface area contributed by atoms with E-state index in [2.05, 4.69) is 6.07 Å². The van der Waals surface area contributed by atoms with Gasteiger partial charge in [0.05, 0.1) is 33.4 Å². The highest BCUT2D eigenvalue weighted by Gasteiger charge is 2.43. The Balaban J connectivity index is 1.78. The minimum absolute atomic E-state index is 0.0393. The molecule has 0 radical (unpaired) electrons. The first-order valence-electron chi connectivity index (χ1n) is 11.3. The Bertz CT molecular complexity index is 1130. The predicted octanol–water partition coefficient (Wildman–Crippen LogP) is 2.99. The second kappa shape index (κ2) is 9.50. The Morgan fingerprint density at radius 2 is 1.80 bits per heavy atom. The monoisotopic (exact) mass is 483 g/mol. The standard InChI is InChI=1S/C25H29N3O7/c1-25(2)11-16(29)21-19(12-25)34-23(27)15(13-26)20(21)14-9-17(31-3)22(18(10-14)32-4)35-24(30)28-5-7-33-8-6-28/h9-10,20H,5-8,11-12,27H2,1-4H3/t20-/m1/s1. The smallest absolute Gasteiger partial charge is 0.415 e. The Hall–Kier alpha value is -3.71. The van der Waals surface area contributed by atoms with Gasteiger partial charge in [-0.3, -0.25) is 4.79 Å². The maximum atomic E-state index is 13.2. The maximum Gasteiger partial charge on any atom is 0.415 e. The van der Waals surface area contributed by atoms with E-state index in [0.717, 1.165) is 0 Å². The van der Waals surface area contributed by atoms with Crippen LogP contribution in [-0.4, -0.2) is 57.3 Å². The quantitative estimate of drug-likeness (QED) is 0.686. The number of carbonyl (C=O) groups excluding carboxylic acids is 2. The second-order valence-electron chi connectivity index (χ2n) is 9.42. The number of allylic oxidation sites excluding steroid dienone is 3. The van der Waals surface area contributed by atoms with Crippen molar-refractivity contribution in [2.24, 2.45) is 11.1 Å². The number of ketones is 1. The number of amides is 1. The molecule has 0 aromatic heterocycles. The summed E-state index contributed by atoms with van der Waals surface area (Å²) in [5.74, 6) is 0.0866. The molecule has 10 heteroatoms. The average molecular weight is 484 g/mol. The molecule has 1 amide bonds. The average Bonchev–Trinajstić information content (AvgIpc) is 2.82. The molecule has 1 fully saturated rings. The van der Waals surface area contributed by atoms with Crippen LogP contribution in [0, 0.1) is 16.7 Å². The largest absolute Gasteiger partial charge is 0.493 e. The zero-order chi connectivity index (χ0) is 25.3. The molecule has 0 spiro atoms. The molecule has 0 unspecified atom stereocenters. The van der Waals surface area contributed by atoms with Crippen molar-refractivity contribution in [2.75, 3.05) is 40.5 Å². The van der Waals surface area contributed by atoms with Gasteiger partial charge in [-0.25, -0.2) is 4.79 Å². The first-order valence-corrected chi connectivity index (χ1v) is 11.3. The van der Waals surface area contributed by atoms with E-state index in [4.69, 9.17) is 29.4 Å². The Morgan fingerprint density at radius 3 is 2.37 bits per heavy atom. The fourth-order valence-corrected chi connectivity index (χ4v) is 4.68. The van der Waals surface area contributed by atoms with Crippen LogP contribution in [0.5, 0.6) is 17.2 Å². The van der Waals surface area contributed by atoms with Crippen LogP contribution in [0.2, 0.25) is 0 Å². The lowest BCUT2D eigenvalue weighted by atomic mass is 9.70. The van der Waals surface area contributed by atoms with Crippen LogP contribution in [0.3, 0.4) is 0 Å². The first kappa shape index (κ1) is 24.4. The van der Waals surface area contributed by atoms with E-state index < -0.39 is 12.0 Å². The number of morpholine rings is 1. The third-order valence-electron chi connectivity index (χ3n) is 6.35. The van der Waals surface area contributed by atoms with Gasteiger partial charge in [0, 0.05) is 31.5 Å². The van der Waals surface area contributed by atoms with Crippen LogP contribution in [0.25, 0.3) is 0 Å². The molecular formula is C25H29N3O7. The first-order chi connectivity index (χ1) is 16.7. The number of carbonyl (C=O) groups is 2. The predicted molar refractivity (Wildman–Crippen MR) is 124 cm³/mol. The molecule has 1 aliphatic carbocycles. The number of hydrogen-bond acceptors (Lipinski definition) is 9. The summed E-state index contributed by atoms with van der Waals surface area (Å²) < 4.78 is 27.8. The lowest BCUT2D eigenvalue weighted by Gasteiger charge is -2.37. The number of nitrogens with two attached hydrogens (primary N) is 1. The number of nitrogens with zero attached hydrogens (tertiary/aromatic N) is 2. The Kier molecular flexibility index (Phi) is 6.63. The molecule has 2 aliphatic heterocycles. The lowest BCUT2D eigenvalue weighted by molar-refractivity contribution is -0.119. The zero-order valence-corrected chi connectivity index (χ0v) is 20.3. The molecule has 0 saturated carbocycles. The van der Waals surface area contributed by atoms with E-state index in [1.165, 1.54) is 19.1 Å². The molecule has 4 rings (SSSR count). The van der Waals surface area contributed by atoms with Crippen molar-refractivity contribution in [2.45, 2.75) is 32.6 Å². The third-order valence-corrected chi connectivity index (χ3v) is 6.35. The van der Waals surface area contributed by atoms with Gasteiger partial charge in [-0.05, 0) is 23.1 Å². The maximum absolute atomic E-state index is 13.2. The molecule has 3 aliphatic rings. The second-order valence-corrected chi connectivity index (χ2v) is 9.42. The van der Waals surface area contributed by atoms with Gasteiger partial charge in [0.25, 0.3) is 0 Å². The zero-order valence-electron chi connectivity index (χ0n) is 20.3. The van der Waals surface area contributed by atoms with Crippen LogP contribution < -0.4 is 19.9 Å². The SMILES string of the molecule is COc1cc([C@@H]2C(C#N)=C(N)OC3=C2C(=O)CC(C)(C)C3)cc(OC)c1OC(=O)N1CCOCC1. The third kappa shape index (κ3) is 4.64. The minimum Gasteiger partial charge on any atom is -0.493 e. The molecule has 1 aromatic rings. The van der Waals surface area contributed by atoms with Gasteiger partial charge in [0.1, 0.15) is 17.4 Å². The molecule has 2 heterocycles. The van der Waals surface area contributed by atoms with Crippen molar-refractivity contribution in [3.63, 3.8) is 0 Å². The molecule has 1 atom stereocenters. The summed E-state index contributed by atoms with van der Waals surface area (Å²) in [4.78, 5) is 27.5. The van der Waals surface area contributed by atoms with Crippen molar-refractivity contribution in [1.29, 1.82) is 5.26 Å². The molecule has 186 valence electrons. The summed E-state index contributed by atoms with van der Waals surface area (Å²) >= 11 is 0. The van der Waals surface area contributed by atoms with Gasteiger partial charge in [-0.2, -0.15) is 5.26 Å². The Morgan fingerprint density at radius 1 is 1.17 bits per heavy atom. The van der Waals surface area contributed by atoms with Gasteiger partial charge < -0.3 is 34.3 Å². The van der Waals surface area contributed by atoms with E-state index in [-0.39, 0.29) is 39.9 Å². The van der Waals surface area contributed by atoms with Crippen molar-refractivity contribution >= 4 is 11.9 Å². The molecule has 10 nitrogen and oxygen atoms in total. The van der Waals surface area contributed by atoms with Gasteiger partial charge in [-0.1, -0.05) is 13.8 Å². The highest BCUT2D eigenvalue weighted by molar-refractivity contribution is 6.00. The number of hydrogen-bond donors (Lipinski definition) is 1. The van der Waals surface area contributed by atoms with E-state index in [1.54, 1.807) is 12.1 Å². The number of nitriles is 1. The normalized spacial score (nSPS) is 21.6. The van der Waals surface area contributed by atoms with Crippen LogP contribution in [0.4, 0.5) is 4.79 Å². The minimum atomic E-state index is -0.765. The molecule has 35 heavy (non-hydrogen) atoms. The fourth-order valence-electron chi connectivity index (χ4n) is 4.68. The summed E-state index contributed by atoms with van der Waals surface area (Å²) in [7, 11) is 2.87. The van der Waals surface area contributed by atoms with E-state index in [1.807, 2.05) is 13.8 Å². The van der Waals surface area contributed by atoms with Crippen LogP contribution in [-0.2, 0) is 14.3 Å². The van der Waals surface area contributed by atoms with Crippen molar-refractivity contribution in [3.05, 3.63) is 40.5 Å². The summed E-state index contributed by atoms with van der Waals surface area (Å²) in [5, 5.41) is 9.89. The molecule has 1 saturated heterocycles. The highest BCUT2D eigenvalue weighted by Crippen LogP contribution is 2.50. The van der Waals surface area contributed by atoms with Gasteiger partial charge in [0.15, 0.2) is 17.3 Å². The summed E-state index contributed by atoms with van der Waals surface area (Å²) in [6.07, 6.45) is 0.265. The highest BCUT2D eigenvalue weighted by atomic mass is 16.6. The lowest BCUT2D eigenvalue weighted by Crippen LogP contribution is -2.42. The molecular weight excluding hydrogens is 454 g/mol. The number of methoxy groups -OCH3 is 2. The number of ether oxygens (including phenoxy) is 5. The number of Topliss-reactive ketones (excluding diaryl/α,β-unsaturated/α-hetero) is 1. The van der Waals surface area contributed by atoms with E-state index >= 15 is 0 Å². The van der Waals surface area contributed by atoms with E-state index in [9.17, 15) is 14.9 Å². The Labute approximate surface area is 203 Å². The van der Waals surface area contributed by atoms with Crippen molar-refractivity contribution < 1.29 is 33.3 Å². The van der Waals surface area contributed by atoms with Gasteiger partial charge in [-0.15, -0.1) is 0 Å². The van der Waals surface area contributed by atoms with Crippen molar-refractivity contribution in [3.8, 4) is 23.3 Å². The molecule has 1 aromatic carbocycles. The van der Waals surface area contributed by atoms with Crippen LogP contribution in [0.15, 0.2) is 34.9 Å². The van der Waals surface area contributed by atoms with Crippen molar-refractivity contribution in [1.82, 2.24) is 4.90 Å². The fraction of sp³-hybridized carbons (Fsp3) is 0.480. The molecule has 2 N–H and O–H groups in total. The molecule has 0 bridgehead atoms. The van der Waals surface area contributed by atoms with Crippen LogP contribution >= 0.6 is 0 Å². The van der Waals surface area contributed by atoms with Gasteiger partial charge >= 0.3 is 6.09 Å². The van der Waals surface area contributed by atoms with E-state index in [0.29, 0.717) is 56.0 Å². The van der Waals surface area contributed by atoms with Gasteiger partial charge in [0.2, 0.25) is 11.6 Å². The summed E-state index contributed by atoms with van der Waals surface area (Å²) in [6, 6.07) is 5.35. The van der Waals surface area contributed by atoms with Crippen LogP contribution in [0.1, 0.15) is 38.2 Å². The topological polar surface area (TPSA) is 133 Å². The number of rotatable bonds is 4. The summed E-state index contributed by atoms with van der Waals surface area (Å²) in [6.45, 7) is 5.65.